The number of hydrogen-bond acceptors (Lipinski definition) is 5. The first-order valence-electron chi connectivity index (χ1n) is 9.36. The second kappa shape index (κ2) is 8.05. The van der Waals surface area contributed by atoms with Crippen molar-refractivity contribution >= 4 is 11.6 Å². The van der Waals surface area contributed by atoms with Gasteiger partial charge in [0.05, 0.1) is 12.6 Å². The molecule has 8 heteroatoms. The monoisotopic (exact) mass is 387 g/mol. The molecular formula is C21H21N7O. The van der Waals surface area contributed by atoms with Crippen LogP contribution in [-0.2, 0) is 6.54 Å². The molecule has 0 aliphatic carbocycles. The van der Waals surface area contributed by atoms with Gasteiger partial charge in [-0.3, -0.25) is 9.48 Å². The quantitative estimate of drug-likeness (QED) is 0.547. The zero-order valence-corrected chi connectivity index (χ0v) is 16.2. The Morgan fingerprint density at radius 3 is 2.76 bits per heavy atom. The van der Waals surface area contributed by atoms with E-state index in [0.29, 0.717) is 17.9 Å². The summed E-state index contributed by atoms with van der Waals surface area (Å²) in [5, 5.41) is 19.1. The van der Waals surface area contributed by atoms with Crippen LogP contribution in [-0.4, -0.2) is 35.9 Å². The van der Waals surface area contributed by atoms with Crippen molar-refractivity contribution < 1.29 is 4.79 Å². The smallest absolute Gasteiger partial charge is 0.255 e. The van der Waals surface area contributed by atoms with Crippen molar-refractivity contribution in [3.05, 3.63) is 78.1 Å². The van der Waals surface area contributed by atoms with Crippen molar-refractivity contribution in [2.75, 3.05) is 5.32 Å². The molecule has 146 valence electrons. The lowest BCUT2D eigenvalue weighted by Crippen LogP contribution is -2.12. The SMILES string of the molecule is CC(C)n1nnnc1-c1cccc(C(=O)Nc2cccc(Cn3cccn3)c2)c1. The number of carbonyl (C=O) groups excluding carboxylic acids is 1. The first-order chi connectivity index (χ1) is 14.1. The Bertz CT molecular complexity index is 1120. The average molecular weight is 387 g/mol. The van der Waals surface area contributed by atoms with Crippen LogP contribution in [0.15, 0.2) is 67.0 Å². The summed E-state index contributed by atoms with van der Waals surface area (Å²) in [5.74, 6) is 0.447. The zero-order valence-electron chi connectivity index (χ0n) is 16.2. The third-order valence-electron chi connectivity index (χ3n) is 4.45. The van der Waals surface area contributed by atoms with Gasteiger partial charge in [0.15, 0.2) is 5.82 Å². The number of rotatable bonds is 6. The lowest BCUT2D eigenvalue weighted by atomic mass is 10.1. The number of aromatic nitrogens is 6. The van der Waals surface area contributed by atoms with E-state index in [1.165, 1.54) is 0 Å². The van der Waals surface area contributed by atoms with Crippen LogP contribution < -0.4 is 5.32 Å². The summed E-state index contributed by atoms with van der Waals surface area (Å²) >= 11 is 0. The normalized spacial score (nSPS) is 11.0. The highest BCUT2D eigenvalue weighted by Gasteiger charge is 2.14. The molecule has 0 saturated carbocycles. The molecule has 2 aromatic heterocycles. The molecule has 2 aromatic carbocycles. The third kappa shape index (κ3) is 4.21. The van der Waals surface area contributed by atoms with Crippen LogP contribution in [0.1, 0.15) is 35.8 Å². The minimum Gasteiger partial charge on any atom is -0.322 e. The average Bonchev–Trinajstić information content (AvgIpc) is 3.40. The maximum absolute atomic E-state index is 12.8. The molecule has 0 bridgehead atoms. The highest BCUT2D eigenvalue weighted by Crippen LogP contribution is 2.21. The number of hydrogen-bond donors (Lipinski definition) is 1. The Morgan fingerprint density at radius 2 is 1.97 bits per heavy atom. The predicted molar refractivity (Wildman–Crippen MR) is 109 cm³/mol. The van der Waals surface area contributed by atoms with Gasteiger partial charge in [0.1, 0.15) is 0 Å². The number of nitrogens with one attached hydrogen (secondary N) is 1. The van der Waals surface area contributed by atoms with Gasteiger partial charge in [-0.15, -0.1) is 5.10 Å². The Balaban J connectivity index is 1.53. The van der Waals surface area contributed by atoms with Crippen molar-refractivity contribution in [2.24, 2.45) is 0 Å². The summed E-state index contributed by atoms with van der Waals surface area (Å²) in [6.07, 6.45) is 3.65. The van der Waals surface area contributed by atoms with E-state index >= 15 is 0 Å². The molecule has 0 spiro atoms. The van der Waals surface area contributed by atoms with E-state index in [2.05, 4.69) is 25.9 Å². The van der Waals surface area contributed by atoms with Crippen molar-refractivity contribution in [3.63, 3.8) is 0 Å². The Kier molecular flexibility index (Phi) is 5.15. The molecule has 2 heterocycles. The number of anilines is 1. The van der Waals surface area contributed by atoms with Gasteiger partial charge in [-0.2, -0.15) is 5.10 Å². The fourth-order valence-corrected chi connectivity index (χ4v) is 3.06. The van der Waals surface area contributed by atoms with E-state index in [4.69, 9.17) is 0 Å². The highest BCUT2D eigenvalue weighted by atomic mass is 16.1. The number of benzene rings is 2. The van der Waals surface area contributed by atoms with Crippen LogP contribution >= 0.6 is 0 Å². The van der Waals surface area contributed by atoms with E-state index in [1.54, 1.807) is 23.0 Å². The lowest BCUT2D eigenvalue weighted by molar-refractivity contribution is 0.102. The molecule has 0 aliphatic rings. The second-order valence-electron chi connectivity index (χ2n) is 6.98. The Morgan fingerprint density at radius 1 is 1.10 bits per heavy atom. The molecule has 4 aromatic rings. The van der Waals surface area contributed by atoms with Crippen molar-refractivity contribution in [1.29, 1.82) is 0 Å². The minimum atomic E-state index is -0.188. The van der Waals surface area contributed by atoms with Crippen LogP contribution in [0.3, 0.4) is 0 Å². The van der Waals surface area contributed by atoms with Crippen LogP contribution in [0.4, 0.5) is 5.69 Å². The fourth-order valence-electron chi connectivity index (χ4n) is 3.06. The van der Waals surface area contributed by atoms with Gasteiger partial charge in [0.25, 0.3) is 5.91 Å². The van der Waals surface area contributed by atoms with Crippen LogP contribution in [0.25, 0.3) is 11.4 Å². The van der Waals surface area contributed by atoms with Crippen LogP contribution in [0.5, 0.6) is 0 Å². The molecule has 8 nitrogen and oxygen atoms in total. The van der Waals surface area contributed by atoms with Gasteiger partial charge >= 0.3 is 0 Å². The summed E-state index contributed by atoms with van der Waals surface area (Å²) in [6.45, 7) is 4.66. The van der Waals surface area contributed by atoms with Gasteiger partial charge < -0.3 is 5.32 Å². The molecule has 0 saturated heterocycles. The first-order valence-corrected chi connectivity index (χ1v) is 9.36. The van der Waals surface area contributed by atoms with Gasteiger partial charge in [-0.1, -0.05) is 24.3 Å². The van der Waals surface area contributed by atoms with Crippen molar-refractivity contribution in [2.45, 2.75) is 26.4 Å². The van der Waals surface area contributed by atoms with Crippen LogP contribution in [0.2, 0.25) is 0 Å². The number of amides is 1. The van der Waals surface area contributed by atoms with E-state index in [1.807, 2.05) is 67.2 Å². The molecular weight excluding hydrogens is 366 g/mol. The molecule has 0 unspecified atom stereocenters. The predicted octanol–water partition coefficient (Wildman–Crippen LogP) is 3.42. The van der Waals surface area contributed by atoms with Crippen LogP contribution in [0, 0.1) is 0 Å². The minimum absolute atomic E-state index is 0.120. The standard InChI is InChI=1S/C21H21N7O/c1-15(2)28-20(24-25-26-28)17-7-4-8-18(13-17)21(29)23-19-9-3-6-16(12-19)14-27-11-5-10-22-27/h3-13,15H,14H2,1-2H3,(H,23,29). The number of nitrogens with zero attached hydrogens (tertiary/aromatic N) is 6. The molecule has 4 rings (SSSR count). The number of carbonyl (C=O) groups is 1. The van der Waals surface area contributed by atoms with E-state index < -0.39 is 0 Å². The van der Waals surface area contributed by atoms with E-state index in [0.717, 1.165) is 16.8 Å². The Hall–Kier alpha value is -3.81. The topological polar surface area (TPSA) is 90.5 Å². The third-order valence-corrected chi connectivity index (χ3v) is 4.45. The lowest BCUT2D eigenvalue weighted by Gasteiger charge is -2.10. The van der Waals surface area contributed by atoms with Gasteiger partial charge in [0.2, 0.25) is 0 Å². The van der Waals surface area contributed by atoms with Gasteiger partial charge in [-0.25, -0.2) is 4.68 Å². The molecule has 0 fully saturated rings. The van der Waals surface area contributed by atoms with Crippen molar-refractivity contribution in [1.82, 2.24) is 30.0 Å². The molecule has 0 radical (unpaired) electrons. The summed E-state index contributed by atoms with van der Waals surface area (Å²) < 4.78 is 3.57. The maximum atomic E-state index is 12.8. The Labute approximate surface area is 168 Å². The maximum Gasteiger partial charge on any atom is 0.255 e. The second-order valence-corrected chi connectivity index (χ2v) is 6.98. The van der Waals surface area contributed by atoms with E-state index in [-0.39, 0.29) is 11.9 Å². The molecule has 29 heavy (non-hydrogen) atoms. The van der Waals surface area contributed by atoms with Crippen molar-refractivity contribution in [3.8, 4) is 11.4 Å². The molecule has 1 N–H and O–H groups in total. The zero-order chi connectivity index (χ0) is 20.2. The summed E-state index contributed by atoms with van der Waals surface area (Å²) in [6, 6.07) is 17.0. The highest BCUT2D eigenvalue weighted by molar-refractivity contribution is 6.04. The summed E-state index contributed by atoms with van der Waals surface area (Å²) in [5.41, 5.74) is 3.12. The number of tetrazole rings is 1. The van der Waals surface area contributed by atoms with E-state index in [9.17, 15) is 4.79 Å². The fraction of sp³-hybridized carbons (Fsp3) is 0.190. The molecule has 0 atom stereocenters. The molecule has 1 amide bonds. The first kappa shape index (κ1) is 18.5. The summed E-state index contributed by atoms with van der Waals surface area (Å²) in [4.78, 5) is 12.8. The molecule has 0 aliphatic heterocycles. The summed E-state index contributed by atoms with van der Waals surface area (Å²) in [7, 11) is 0. The van der Waals surface area contributed by atoms with Gasteiger partial charge in [0, 0.05) is 29.2 Å². The largest absolute Gasteiger partial charge is 0.322 e. The van der Waals surface area contributed by atoms with Gasteiger partial charge in [-0.05, 0) is 60.2 Å².